The van der Waals surface area contributed by atoms with Crippen molar-refractivity contribution in [1.82, 2.24) is 5.32 Å². The molecular weight excluding hydrogens is 329 g/mol. The van der Waals surface area contributed by atoms with Gasteiger partial charge in [-0.2, -0.15) is 0 Å². The third-order valence-electron chi connectivity index (χ3n) is 3.17. The number of hydrogen-bond acceptors (Lipinski definition) is 4. The van der Waals surface area contributed by atoms with E-state index in [0.717, 1.165) is 17.3 Å². The van der Waals surface area contributed by atoms with Crippen molar-refractivity contribution in [2.75, 3.05) is 5.75 Å². The summed E-state index contributed by atoms with van der Waals surface area (Å²) in [5, 5.41) is 2.70. The van der Waals surface area contributed by atoms with Crippen LogP contribution in [0.1, 0.15) is 12.5 Å². The lowest BCUT2D eigenvalue weighted by Crippen LogP contribution is -2.35. The molecule has 24 heavy (non-hydrogen) atoms. The van der Waals surface area contributed by atoms with E-state index < -0.39 is 12.1 Å². The van der Waals surface area contributed by atoms with Crippen LogP contribution in [0.4, 0.5) is 4.39 Å². The highest BCUT2D eigenvalue weighted by Gasteiger charge is 2.18. The normalized spacial score (nSPS) is 11.6. The molecule has 0 aliphatic rings. The third-order valence-corrected chi connectivity index (χ3v) is 4.19. The van der Waals surface area contributed by atoms with Gasteiger partial charge in [0.1, 0.15) is 5.82 Å². The van der Waals surface area contributed by atoms with Crippen LogP contribution >= 0.6 is 11.8 Å². The van der Waals surface area contributed by atoms with Gasteiger partial charge in [0.15, 0.2) is 6.10 Å². The number of halogens is 1. The Hall–Kier alpha value is -2.34. The number of thioether (sulfide) groups is 1. The van der Waals surface area contributed by atoms with Gasteiger partial charge in [-0.25, -0.2) is 4.39 Å². The van der Waals surface area contributed by atoms with E-state index in [1.165, 1.54) is 13.0 Å². The minimum absolute atomic E-state index is 0.0583. The van der Waals surface area contributed by atoms with Gasteiger partial charge in [0.2, 0.25) is 0 Å². The quantitative estimate of drug-likeness (QED) is 0.617. The lowest BCUT2D eigenvalue weighted by molar-refractivity contribution is -0.152. The number of ether oxygens (including phenoxy) is 1. The van der Waals surface area contributed by atoms with Crippen molar-refractivity contribution < 1.29 is 18.7 Å². The lowest BCUT2D eigenvalue weighted by Gasteiger charge is -2.13. The fraction of sp³-hybridized carbons (Fsp3) is 0.222. The van der Waals surface area contributed by atoms with Gasteiger partial charge in [-0.05, 0) is 24.6 Å². The average Bonchev–Trinajstić information content (AvgIpc) is 2.59. The van der Waals surface area contributed by atoms with Crippen LogP contribution in [0.25, 0.3) is 0 Å². The number of amides is 1. The van der Waals surface area contributed by atoms with Crippen LogP contribution in [0.15, 0.2) is 59.5 Å². The van der Waals surface area contributed by atoms with Gasteiger partial charge < -0.3 is 10.1 Å². The Morgan fingerprint density at radius 3 is 2.50 bits per heavy atom. The molecule has 0 aliphatic carbocycles. The monoisotopic (exact) mass is 347 g/mol. The third kappa shape index (κ3) is 5.70. The molecule has 0 unspecified atom stereocenters. The zero-order valence-corrected chi connectivity index (χ0v) is 14.0. The molecule has 2 aromatic rings. The molecule has 0 aromatic heterocycles. The Kier molecular flexibility index (Phi) is 6.81. The first-order chi connectivity index (χ1) is 11.6. The molecule has 0 spiro atoms. The molecule has 0 bridgehead atoms. The number of rotatable bonds is 7. The summed E-state index contributed by atoms with van der Waals surface area (Å²) in [6.45, 7) is 1.87. The second-order valence-corrected chi connectivity index (χ2v) is 6.07. The van der Waals surface area contributed by atoms with E-state index in [-0.39, 0.29) is 17.5 Å². The maximum absolute atomic E-state index is 13.5. The largest absolute Gasteiger partial charge is 0.452 e. The molecule has 126 valence electrons. The van der Waals surface area contributed by atoms with Gasteiger partial charge >= 0.3 is 5.97 Å². The van der Waals surface area contributed by atoms with E-state index in [9.17, 15) is 14.0 Å². The molecule has 1 N–H and O–H groups in total. The molecule has 6 heteroatoms. The summed E-state index contributed by atoms with van der Waals surface area (Å²) in [6.07, 6.45) is -0.901. The van der Waals surface area contributed by atoms with Gasteiger partial charge in [-0.3, -0.25) is 9.59 Å². The maximum atomic E-state index is 13.5. The Morgan fingerprint density at radius 2 is 1.79 bits per heavy atom. The zero-order valence-electron chi connectivity index (χ0n) is 13.2. The zero-order chi connectivity index (χ0) is 17.4. The SMILES string of the molecule is C[C@H](OC(=O)CSc1ccccc1F)C(=O)NCc1ccccc1. The van der Waals surface area contributed by atoms with Crippen LogP contribution in [-0.2, 0) is 20.9 Å². The number of carbonyl (C=O) groups excluding carboxylic acids is 2. The molecule has 0 fully saturated rings. The molecule has 1 atom stereocenters. The van der Waals surface area contributed by atoms with Crippen molar-refractivity contribution in [3.8, 4) is 0 Å². The van der Waals surface area contributed by atoms with Gasteiger partial charge in [0.05, 0.1) is 5.75 Å². The molecular formula is C18H18FNO3S. The highest BCUT2D eigenvalue weighted by atomic mass is 32.2. The number of hydrogen-bond donors (Lipinski definition) is 1. The van der Waals surface area contributed by atoms with E-state index in [4.69, 9.17) is 4.74 Å². The molecule has 4 nitrogen and oxygen atoms in total. The highest BCUT2D eigenvalue weighted by Crippen LogP contribution is 2.21. The Balaban J connectivity index is 1.74. The van der Waals surface area contributed by atoms with Crippen molar-refractivity contribution in [2.45, 2.75) is 24.5 Å². The maximum Gasteiger partial charge on any atom is 0.317 e. The second-order valence-electron chi connectivity index (χ2n) is 5.05. The van der Waals surface area contributed by atoms with Crippen molar-refractivity contribution in [2.24, 2.45) is 0 Å². The second kappa shape index (κ2) is 9.08. The van der Waals surface area contributed by atoms with Gasteiger partial charge in [-0.15, -0.1) is 11.8 Å². The van der Waals surface area contributed by atoms with E-state index in [1.807, 2.05) is 30.3 Å². The molecule has 1 amide bonds. The standard InChI is InChI=1S/C18H18FNO3S/c1-13(18(22)20-11-14-7-3-2-4-8-14)23-17(21)12-24-16-10-6-5-9-15(16)19/h2-10,13H,11-12H2,1H3,(H,20,22)/t13-/m0/s1. The summed E-state index contributed by atoms with van der Waals surface area (Å²) in [6, 6.07) is 15.6. The van der Waals surface area contributed by atoms with Crippen LogP contribution < -0.4 is 5.32 Å². The van der Waals surface area contributed by atoms with Gasteiger partial charge in [-0.1, -0.05) is 42.5 Å². The van der Waals surface area contributed by atoms with Crippen LogP contribution in [-0.4, -0.2) is 23.7 Å². The van der Waals surface area contributed by atoms with E-state index in [2.05, 4.69) is 5.32 Å². The summed E-state index contributed by atoms with van der Waals surface area (Å²) in [5.41, 5.74) is 0.958. The first-order valence-corrected chi connectivity index (χ1v) is 8.43. The van der Waals surface area contributed by atoms with Crippen molar-refractivity contribution in [3.05, 3.63) is 66.0 Å². The van der Waals surface area contributed by atoms with Gasteiger partial charge in [0.25, 0.3) is 5.91 Å². The lowest BCUT2D eigenvalue weighted by atomic mass is 10.2. The van der Waals surface area contributed by atoms with Crippen molar-refractivity contribution >= 4 is 23.6 Å². The number of nitrogens with one attached hydrogen (secondary N) is 1. The molecule has 0 saturated carbocycles. The topological polar surface area (TPSA) is 55.4 Å². The molecule has 0 radical (unpaired) electrons. The Morgan fingerprint density at radius 1 is 1.12 bits per heavy atom. The van der Waals surface area contributed by atoms with Crippen LogP contribution in [0.2, 0.25) is 0 Å². The van der Waals surface area contributed by atoms with E-state index >= 15 is 0 Å². The van der Waals surface area contributed by atoms with Crippen molar-refractivity contribution in [1.29, 1.82) is 0 Å². The molecule has 2 rings (SSSR count). The first-order valence-electron chi connectivity index (χ1n) is 7.44. The Labute approximate surface area is 144 Å². The number of carbonyl (C=O) groups is 2. The van der Waals surface area contributed by atoms with Crippen molar-refractivity contribution in [3.63, 3.8) is 0 Å². The summed E-state index contributed by atoms with van der Waals surface area (Å²) < 4.78 is 18.5. The van der Waals surface area contributed by atoms with E-state index in [1.54, 1.807) is 18.2 Å². The highest BCUT2D eigenvalue weighted by molar-refractivity contribution is 8.00. The predicted octanol–water partition coefficient (Wildman–Crippen LogP) is 3.17. The molecule has 0 aliphatic heterocycles. The smallest absolute Gasteiger partial charge is 0.317 e. The summed E-state index contributed by atoms with van der Waals surface area (Å²) in [4.78, 5) is 24.1. The molecule has 2 aromatic carbocycles. The summed E-state index contributed by atoms with van der Waals surface area (Å²) >= 11 is 1.04. The predicted molar refractivity (Wildman–Crippen MR) is 91.0 cm³/mol. The summed E-state index contributed by atoms with van der Waals surface area (Å²) in [7, 11) is 0. The fourth-order valence-electron chi connectivity index (χ4n) is 1.91. The molecule has 0 heterocycles. The number of esters is 1. The summed E-state index contributed by atoms with van der Waals surface area (Å²) in [5.74, 6) is -1.38. The van der Waals surface area contributed by atoms with Gasteiger partial charge in [0, 0.05) is 11.4 Å². The first kappa shape index (κ1) is 18.0. The van der Waals surface area contributed by atoms with Crippen LogP contribution in [0.3, 0.4) is 0 Å². The van der Waals surface area contributed by atoms with Crippen LogP contribution in [0.5, 0.6) is 0 Å². The van der Waals surface area contributed by atoms with E-state index in [0.29, 0.717) is 11.4 Å². The van der Waals surface area contributed by atoms with Crippen LogP contribution in [0, 0.1) is 5.82 Å². The Bertz CT molecular complexity index is 694. The average molecular weight is 347 g/mol. The minimum atomic E-state index is -0.901. The minimum Gasteiger partial charge on any atom is -0.452 e. The molecule has 0 saturated heterocycles. The fourth-order valence-corrected chi connectivity index (χ4v) is 2.63. The number of benzene rings is 2.